The van der Waals surface area contributed by atoms with Gasteiger partial charge in [0.1, 0.15) is 5.75 Å². The molecular formula is C28H33N3O4. The van der Waals surface area contributed by atoms with Gasteiger partial charge in [-0.1, -0.05) is 19.3 Å². The van der Waals surface area contributed by atoms with Gasteiger partial charge in [-0.25, -0.2) is 0 Å². The number of furan rings is 1. The molecule has 3 aromatic rings. The molecule has 0 saturated heterocycles. The van der Waals surface area contributed by atoms with Gasteiger partial charge in [0.2, 0.25) is 0 Å². The molecule has 7 heteroatoms. The Labute approximate surface area is 206 Å². The summed E-state index contributed by atoms with van der Waals surface area (Å²) in [5, 5.41) is 2.91. The van der Waals surface area contributed by atoms with Crippen molar-refractivity contribution in [3.63, 3.8) is 0 Å². The second-order valence-electron chi connectivity index (χ2n) is 9.12. The molecule has 1 aromatic heterocycles. The van der Waals surface area contributed by atoms with E-state index in [9.17, 15) is 9.59 Å². The van der Waals surface area contributed by atoms with Crippen molar-refractivity contribution in [3.8, 4) is 5.75 Å². The molecule has 1 N–H and O–H groups in total. The monoisotopic (exact) mass is 475 g/mol. The lowest BCUT2D eigenvalue weighted by molar-refractivity contribution is 0.0614. The molecule has 35 heavy (non-hydrogen) atoms. The average Bonchev–Trinajstić information content (AvgIpc) is 3.43. The molecule has 0 aliphatic heterocycles. The van der Waals surface area contributed by atoms with Crippen LogP contribution in [0.3, 0.4) is 0 Å². The van der Waals surface area contributed by atoms with Gasteiger partial charge in [0.25, 0.3) is 11.8 Å². The zero-order valence-electron chi connectivity index (χ0n) is 20.6. The van der Waals surface area contributed by atoms with Crippen molar-refractivity contribution in [3.05, 3.63) is 77.7 Å². The van der Waals surface area contributed by atoms with E-state index in [0.717, 1.165) is 42.7 Å². The summed E-state index contributed by atoms with van der Waals surface area (Å²) in [6, 6.07) is 16.6. The van der Waals surface area contributed by atoms with E-state index in [-0.39, 0.29) is 23.6 Å². The molecule has 184 valence electrons. The van der Waals surface area contributed by atoms with Crippen LogP contribution in [-0.4, -0.2) is 44.0 Å². The van der Waals surface area contributed by atoms with Crippen molar-refractivity contribution >= 4 is 23.2 Å². The van der Waals surface area contributed by atoms with Crippen LogP contribution in [0.15, 0.2) is 65.3 Å². The highest BCUT2D eigenvalue weighted by Crippen LogP contribution is 2.30. The van der Waals surface area contributed by atoms with Crippen LogP contribution < -0.4 is 15.0 Å². The Morgan fingerprint density at radius 3 is 2.40 bits per heavy atom. The van der Waals surface area contributed by atoms with E-state index in [0.29, 0.717) is 17.8 Å². The summed E-state index contributed by atoms with van der Waals surface area (Å²) in [5.74, 6) is 0.675. The largest absolute Gasteiger partial charge is 0.497 e. The Bertz CT molecular complexity index is 1130. The first-order valence-corrected chi connectivity index (χ1v) is 12.1. The lowest BCUT2D eigenvalue weighted by Crippen LogP contribution is -2.41. The third-order valence-corrected chi connectivity index (χ3v) is 6.52. The van der Waals surface area contributed by atoms with Gasteiger partial charge in [-0.05, 0) is 73.0 Å². The van der Waals surface area contributed by atoms with Crippen LogP contribution in [0, 0.1) is 0 Å². The second kappa shape index (κ2) is 11.1. The zero-order chi connectivity index (χ0) is 24.8. The van der Waals surface area contributed by atoms with Crippen molar-refractivity contribution in [1.82, 2.24) is 4.90 Å². The molecule has 0 spiro atoms. The molecule has 0 bridgehead atoms. The van der Waals surface area contributed by atoms with Gasteiger partial charge >= 0.3 is 0 Å². The first kappa shape index (κ1) is 24.4. The lowest BCUT2D eigenvalue weighted by atomic mass is 9.93. The fraction of sp³-hybridized carbons (Fsp3) is 0.357. The molecule has 0 atom stereocenters. The maximum absolute atomic E-state index is 13.7. The normalized spacial score (nSPS) is 13.8. The summed E-state index contributed by atoms with van der Waals surface area (Å²) >= 11 is 0. The van der Waals surface area contributed by atoms with E-state index in [2.05, 4.69) is 5.32 Å². The minimum Gasteiger partial charge on any atom is -0.497 e. The van der Waals surface area contributed by atoms with Crippen molar-refractivity contribution in [2.75, 3.05) is 31.4 Å². The van der Waals surface area contributed by atoms with E-state index in [1.54, 1.807) is 19.2 Å². The van der Waals surface area contributed by atoms with Crippen LogP contribution in [0.1, 0.15) is 58.6 Å². The van der Waals surface area contributed by atoms with Gasteiger partial charge in [-0.3, -0.25) is 9.59 Å². The van der Waals surface area contributed by atoms with E-state index >= 15 is 0 Å². The molecule has 0 unspecified atom stereocenters. The molecule has 7 nitrogen and oxygen atoms in total. The van der Waals surface area contributed by atoms with Crippen molar-refractivity contribution < 1.29 is 18.7 Å². The molecule has 2 amide bonds. The predicted octanol–water partition coefficient (Wildman–Crippen LogP) is 5.58. The van der Waals surface area contributed by atoms with Gasteiger partial charge in [0.05, 0.1) is 13.4 Å². The van der Waals surface area contributed by atoms with Crippen LogP contribution in [0.5, 0.6) is 5.75 Å². The standard InChI is InChI=1S/C28H33N3O4/c1-30(2)25-16-13-22(29-27(32)26-10-7-17-35-26)18-21(25)19-31(23-8-5-4-6-9-23)28(33)20-11-14-24(34-3)15-12-20/h7,10-18,23H,4-6,8-9,19H2,1-3H3,(H,29,32). The predicted molar refractivity (Wildman–Crippen MR) is 137 cm³/mol. The topological polar surface area (TPSA) is 75.0 Å². The SMILES string of the molecule is COc1ccc(C(=O)N(Cc2cc(NC(=O)c3ccco3)ccc2N(C)C)C2CCCCC2)cc1. The molecule has 4 rings (SSSR count). The molecular weight excluding hydrogens is 442 g/mol. The smallest absolute Gasteiger partial charge is 0.291 e. The Kier molecular flexibility index (Phi) is 7.75. The third-order valence-electron chi connectivity index (χ3n) is 6.52. The fourth-order valence-corrected chi connectivity index (χ4v) is 4.67. The van der Waals surface area contributed by atoms with Crippen LogP contribution >= 0.6 is 0 Å². The van der Waals surface area contributed by atoms with Crippen LogP contribution in [-0.2, 0) is 6.54 Å². The number of nitrogens with one attached hydrogen (secondary N) is 1. The molecule has 1 fully saturated rings. The number of ether oxygens (including phenoxy) is 1. The average molecular weight is 476 g/mol. The first-order valence-electron chi connectivity index (χ1n) is 12.1. The minimum atomic E-state index is -0.308. The zero-order valence-corrected chi connectivity index (χ0v) is 20.6. The molecule has 1 heterocycles. The van der Waals surface area contributed by atoms with Crippen molar-refractivity contribution in [1.29, 1.82) is 0 Å². The Balaban J connectivity index is 1.64. The number of hydrogen-bond acceptors (Lipinski definition) is 5. The maximum Gasteiger partial charge on any atom is 0.291 e. The number of benzene rings is 2. The highest BCUT2D eigenvalue weighted by molar-refractivity contribution is 6.02. The molecule has 1 aliphatic rings. The summed E-state index contributed by atoms with van der Waals surface area (Å²) in [7, 11) is 5.58. The Hall–Kier alpha value is -3.74. The molecule has 0 radical (unpaired) electrons. The lowest BCUT2D eigenvalue weighted by Gasteiger charge is -2.35. The summed E-state index contributed by atoms with van der Waals surface area (Å²) in [6.07, 6.45) is 6.91. The number of carbonyl (C=O) groups is 2. The summed E-state index contributed by atoms with van der Waals surface area (Å²) in [4.78, 5) is 30.3. The fourth-order valence-electron chi connectivity index (χ4n) is 4.67. The third kappa shape index (κ3) is 5.85. The van der Waals surface area contributed by atoms with Gasteiger partial charge < -0.3 is 24.3 Å². The van der Waals surface area contributed by atoms with Crippen LogP contribution in [0.4, 0.5) is 11.4 Å². The highest BCUT2D eigenvalue weighted by Gasteiger charge is 2.27. The van der Waals surface area contributed by atoms with E-state index in [1.807, 2.05) is 66.4 Å². The summed E-state index contributed by atoms with van der Waals surface area (Å²) in [5.41, 5.74) is 3.28. The minimum absolute atomic E-state index is 0.00860. The van der Waals surface area contributed by atoms with E-state index in [1.165, 1.54) is 12.7 Å². The molecule has 1 aliphatic carbocycles. The Morgan fingerprint density at radius 1 is 1.03 bits per heavy atom. The maximum atomic E-state index is 13.7. The first-order chi connectivity index (χ1) is 17.0. The summed E-state index contributed by atoms with van der Waals surface area (Å²) in [6.45, 7) is 0.452. The van der Waals surface area contributed by atoms with Crippen molar-refractivity contribution in [2.45, 2.75) is 44.7 Å². The van der Waals surface area contributed by atoms with Crippen LogP contribution in [0.25, 0.3) is 0 Å². The van der Waals surface area contributed by atoms with Gasteiger partial charge in [-0.2, -0.15) is 0 Å². The number of hydrogen-bond donors (Lipinski definition) is 1. The van der Waals surface area contributed by atoms with Gasteiger partial charge in [0.15, 0.2) is 5.76 Å². The number of anilines is 2. The number of rotatable bonds is 8. The number of methoxy groups -OCH3 is 1. The van der Waals surface area contributed by atoms with E-state index in [4.69, 9.17) is 9.15 Å². The number of carbonyl (C=O) groups excluding carboxylic acids is 2. The highest BCUT2D eigenvalue weighted by atomic mass is 16.5. The quantitative estimate of drug-likeness (QED) is 0.460. The Morgan fingerprint density at radius 2 is 1.77 bits per heavy atom. The number of amides is 2. The molecule has 1 saturated carbocycles. The van der Waals surface area contributed by atoms with Gasteiger partial charge in [0, 0.05) is 43.6 Å². The van der Waals surface area contributed by atoms with E-state index < -0.39 is 0 Å². The second-order valence-corrected chi connectivity index (χ2v) is 9.12. The van der Waals surface area contributed by atoms with Crippen molar-refractivity contribution in [2.24, 2.45) is 0 Å². The number of nitrogens with zero attached hydrogens (tertiary/aromatic N) is 2. The van der Waals surface area contributed by atoms with Crippen LogP contribution in [0.2, 0.25) is 0 Å². The van der Waals surface area contributed by atoms with Gasteiger partial charge in [-0.15, -0.1) is 0 Å². The molecule has 2 aromatic carbocycles. The summed E-state index contributed by atoms with van der Waals surface area (Å²) < 4.78 is 10.5.